The molecule has 0 spiro atoms. The highest BCUT2D eigenvalue weighted by atomic mass is 35.5. The topological polar surface area (TPSA) is 65.2 Å². The summed E-state index contributed by atoms with van der Waals surface area (Å²) in [6, 6.07) is 5.26. The van der Waals surface area contributed by atoms with Crippen molar-refractivity contribution in [1.29, 1.82) is 0 Å². The summed E-state index contributed by atoms with van der Waals surface area (Å²) in [5.74, 6) is 0.479. The number of halogens is 2. The fourth-order valence-electron chi connectivity index (χ4n) is 1.66. The zero-order valence-corrected chi connectivity index (χ0v) is 11.3. The van der Waals surface area contributed by atoms with Crippen LogP contribution in [0.5, 0.6) is 0 Å². The van der Waals surface area contributed by atoms with Gasteiger partial charge in [0.1, 0.15) is 6.10 Å². The second-order valence-corrected chi connectivity index (χ2v) is 4.67. The maximum Gasteiger partial charge on any atom is 0.293 e. The van der Waals surface area contributed by atoms with E-state index in [0.29, 0.717) is 35.2 Å². The Morgan fingerprint density at radius 2 is 2.16 bits per heavy atom. The molecule has 2 aromatic rings. The van der Waals surface area contributed by atoms with Gasteiger partial charge < -0.3 is 9.26 Å². The molecule has 100 valence electrons. The molecule has 0 amide bonds. The average molecular weight is 301 g/mol. The first-order valence-electron chi connectivity index (χ1n) is 5.47. The number of rotatable bonds is 6. The second-order valence-electron chi connectivity index (χ2n) is 3.86. The van der Waals surface area contributed by atoms with Crippen LogP contribution in [0.2, 0.25) is 10.0 Å². The zero-order valence-electron chi connectivity index (χ0n) is 9.75. The van der Waals surface area contributed by atoms with Gasteiger partial charge >= 0.3 is 0 Å². The van der Waals surface area contributed by atoms with Gasteiger partial charge in [0.2, 0.25) is 6.39 Å². The minimum Gasteiger partial charge on any atom is -0.464 e. The average Bonchev–Trinajstić information content (AvgIpc) is 2.87. The molecule has 0 aliphatic heterocycles. The number of benzene rings is 1. The van der Waals surface area contributed by atoms with Crippen molar-refractivity contribution in [2.75, 3.05) is 0 Å². The van der Waals surface area contributed by atoms with Crippen LogP contribution in [-0.2, 0) is 22.4 Å². The molecule has 0 aliphatic rings. The molecule has 0 saturated heterocycles. The van der Waals surface area contributed by atoms with Gasteiger partial charge in [0.05, 0.1) is 10.0 Å². The first-order valence-corrected chi connectivity index (χ1v) is 6.23. The third-order valence-corrected chi connectivity index (χ3v) is 3.25. The number of hydrogen-bond donors (Lipinski definition) is 0. The lowest BCUT2D eigenvalue weighted by Gasteiger charge is -2.13. The molecule has 0 N–H and O–H groups in total. The van der Waals surface area contributed by atoms with Gasteiger partial charge in [0.15, 0.2) is 5.82 Å². The highest BCUT2D eigenvalue weighted by Gasteiger charge is 2.15. The van der Waals surface area contributed by atoms with E-state index in [4.69, 9.17) is 27.9 Å². The lowest BCUT2D eigenvalue weighted by atomic mass is 10.1. The van der Waals surface area contributed by atoms with Crippen molar-refractivity contribution in [2.24, 2.45) is 0 Å². The van der Waals surface area contributed by atoms with E-state index in [2.05, 4.69) is 14.7 Å². The Bertz CT molecular complexity index is 546. The minimum absolute atomic E-state index is 0.371. The predicted molar refractivity (Wildman–Crippen MR) is 69.1 cm³/mol. The zero-order chi connectivity index (χ0) is 13.7. The van der Waals surface area contributed by atoms with Crippen LogP contribution in [0.4, 0.5) is 0 Å². The lowest BCUT2D eigenvalue weighted by Crippen LogP contribution is -2.19. The number of nitrogens with zero attached hydrogens (tertiary/aromatic N) is 2. The Morgan fingerprint density at radius 3 is 2.79 bits per heavy atom. The minimum atomic E-state index is -0.382. The lowest BCUT2D eigenvalue weighted by molar-refractivity contribution is -0.133. The summed E-state index contributed by atoms with van der Waals surface area (Å²) in [6.07, 6.45) is 1.71. The Balaban J connectivity index is 2.07. The molecular formula is C12H10Cl2N2O3. The van der Waals surface area contributed by atoms with Crippen LogP contribution in [0.3, 0.4) is 0 Å². The van der Waals surface area contributed by atoms with Crippen molar-refractivity contribution < 1.29 is 14.1 Å². The molecular weight excluding hydrogens is 291 g/mol. The summed E-state index contributed by atoms with van der Waals surface area (Å²) < 4.78 is 9.65. The van der Waals surface area contributed by atoms with Crippen LogP contribution < -0.4 is 0 Å². The molecule has 1 aromatic carbocycles. The van der Waals surface area contributed by atoms with E-state index < -0.39 is 0 Å². The summed E-state index contributed by atoms with van der Waals surface area (Å²) in [6.45, 7) is 0.405. The normalized spacial score (nSPS) is 12.1. The maximum absolute atomic E-state index is 10.5. The predicted octanol–water partition coefficient (Wildman–Crippen LogP) is 2.70. The molecule has 0 saturated carbocycles. The summed E-state index contributed by atoms with van der Waals surface area (Å²) in [5.41, 5.74) is 0.907. The number of hydrogen-bond acceptors (Lipinski definition) is 5. The molecule has 0 fully saturated rings. The molecule has 2 rings (SSSR count). The van der Waals surface area contributed by atoms with Gasteiger partial charge in [-0.25, -0.2) is 0 Å². The molecule has 1 aromatic heterocycles. The smallest absolute Gasteiger partial charge is 0.293 e. The second kappa shape index (κ2) is 6.54. The monoisotopic (exact) mass is 300 g/mol. The van der Waals surface area contributed by atoms with Gasteiger partial charge in [0, 0.05) is 12.8 Å². The first kappa shape index (κ1) is 13.8. The summed E-state index contributed by atoms with van der Waals surface area (Å²) in [7, 11) is 0. The van der Waals surface area contributed by atoms with Gasteiger partial charge in [-0.15, -0.1) is 0 Å². The van der Waals surface area contributed by atoms with Crippen molar-refractivity contribution in [3.05, 3.63) is 46.0 Å². The number of aromatic nitrogens is 2. The van der Waals surface area contributed by atoms with Crippen molar-refractivity contribution in [1.82, 2.24) is 10.1 Å². The van der Waals surface area contributed by atoms with Crippen molar-refractivity contribution >= 4 is 29.7 Å². The Hall–Kier alpha value is -1.59. The van der Waals surface area contributed by atoms with E-state index in [0.717, 1.165) is 5.56 Å². The largest absolute Gasteiger partial charge is 0.464 e. The molecule has 0 bridgehead atoms. The quantitative estimate of drug-likeness (QED) is 0.767. The van der Waals surface area contributed by atoms with Crippen LogP contribution in [0.25, 0.3) is 0 Å². The Morgan fingerprint density at radius 1 is 1.32 bits per heavy atom. The number of ether oxygens (including phenoxy) is 1. The Labute approximate surface area is 119 Å². The summed E-state index contributed by atoms with van der Waals surface area (Å²) in [5, 5.41) is 4.63. The molecule has 1 atom stereocenters. The summed E-state index contributed by atoms with van der Waals surface area (Å²) in [4.78, 5) is 14.4. The molecule has 0 radical (unpaired) electrons. The molecule has 7 heteroatoms. The molecule has 1 unspecified atom stereocenters. The van der Waals surface area contributed by atoms with Gasteiger partial charge in [-0.05, 0) is 17.7 Å². The Kier molecular flexibility index (Phi) is 4.76. The number of carbonyl (C=O) groups is 1. The molecule has 5 nitrogen and oxygen atoms in total. The van der Waals surface area contributed by atoms with Crippen LogP contribution in [0.15, 0.2) is 29.1 Å². The third kappa shape index (κ3) is 3.94. The van der Waals surface area contributed by atoms with Crippen LogP contribution in [0.1, 0.15) is 11.4 Å². The first-order chi connectivity index (χ1) is 9.19. The van der Waals surface area contributed by atoms with Crippen LogP contribution >= 0.6 is 23.2 Å². The SMILES string of the molecule is O=COC(Cc1ccc(Cl)c(Cl)c1)Cc1ncon1. The summed E-state index contributed by atoms with van der Waals surface area (Å²) >= 11 is 11.8. The van der Waals surface area contributed by atoms with Crippen molar-refractivity contribution in [3.8, 4) is 0 Å². The van der Waals surface area contributed by atoms with Gasteiger partial charge in [0.25, 0.3) is 6.47 Å². The molecule has 0 aliphatic carbocycles. The highest BCUT2D eigenvalue weighted by molar-refractivity contribution is 6.42. The molecule has 1 heterocycles. The van der Waals surface area contributed by atoms with Gasteiger partial charge in [-0.3, -0.25) is 4.79 Å². The van der Waals surface area contributed by atoms with Gasteiger partial charge in [-0.2, -0.15) is 4.98 Å². The fraction of sp³-hybridized carbons (Fsp3) is 0.250. The van der Waals surface area contributed by atoms with E-state index >= 15 is 0 Å². The fourth-order valence-corrected chi connectivity index (χ4v) is 1.98. The van der Waals surface area contributed by atoms with Crippen molar-refractivity contribution in [3.63, 3.8) is 0 Å². The standard InChI is InChI=1S/C12H10Cl2N2O3/c13-10-2-1-8(4-11(10)14)3-9(18-7-17)5-12-15-6-19-16-12/h1-2,4,6-7,9H,3,5H2. The van der Waals surface area contributed by atoms with E-state index in [-0.39, 0.29) is 6.10 Å². The maximum atomic E-state index is 10.5. The van der Waals surface area contributed by atoms with Crippen molar-refractivity contribution in [2.45, 2.75) is 18.9 Å². The van der Waals surface area contributed by atoms with Gasteiger partial charge in [-0.1, -0.05) is 34.4 Å². The highest BCUT2D eigenvalue weighted by Crippen LogP contribution is 2.23. The van der Waals surface area contributed by atoms with Crippen LogP contribution in [0, 0.1) is 0 Å². The number of carbonyl (C=O) groups excluding carboxylic acids is 1. The van der Waals surface area contributed by atoms with E-state index in [1.165, 1.54) is 6.39 Å². The van der Waals surface area contributed by atoms with E-state index in [1.54, 1.807) is 12.1 Å². The van der Waals surface area contributed by atoms with E-state index in [9.17, 15) is 4.79 Å². The van der Waals surface area contributed by atoms with Crippen LogP contribution in [-0.4, -0.2) is 22.7 Å². The molecule has 19 heavy (non-hydrogen) atoms. The van der Waals surface area contributed by atoms with E-state index in [1.807, 2.05) is 6.07 Å². The third-order valence-electron chi connectivity index (χ3n) is 2.51.